The highest BCUT2D eigenvalue weighted by Crippen LogP contribution is 2.20. The number of hydrogen-bond donors (Lipinski definition) is 1. The summed E-state index contributed by atoms with van der Waals surface area (Å²) in [6, 6.07) is 0. The molecule has 0 saturated carbocycles. The van der Waals surface area contributed by atoms with Gasteiger partial charge in [-0.1, -0.05) is 11.6 Å². The lowest BCUT2D eigenvalue weighted by atomic mass is 10.3. The van der Waals surface area contributed by atoms with Crippen molar-refractivity contribution in [3.63, 3.8) is 0 Å². The van der Waals surface area contributed by atoms with E-state index >= 15 is 0 Å². The van der Waals surface area contributed by atoms with Crippen molar-refractivity contribution in [2.45, 2.75) is 13.5 Å². The van der Waals surface area contributed by atoms with Crippen LogP contribution in [0.25, 0.3) is 0 Å². The highest BCUT2D eigenvalue weighted by atomic mass is 35.5. The third-order valence-electron chi connectivity index (χ3n) is 2.25. The van der Waals surface area contributed by atoms with Gasteiger partial charge in [0.25, 0.3) is 0 Å². The number of halogens is 1. The Morgan fingerprint density at radius 1 is 1.53 bits per heavy atom. The van der Waals surface area contributed by atoms with Crippen LogP contribution in [0, 0.1) is 6.92 Å². The SMILES string of the molecule is Cc1nn(C)c(Cn2cnc(N)c2)c1Cl. The van der Waals surface area contributed by atoms with E-state index in [2.05, 4.69) is 10.1 Å². The van der Waals surface area contributed by atoms with Gasteiger partial charge in [-0.25, -0.2) is 4.98 Å². The van der Waals surface area contributed by atoms with Crippen molar-refractivity contribution >= 4 is 17.4 Å². The summed E-state index contributed by atoms with van der Waals surface area (Å²) in [5, 5.41) is 4.93. The first-order valence-corrected chi connectivity index (χ1v) is 4.91. The van der Waals surface area contributed by atoms with Gasteiger partial charge in [-0.15, -0.1) is 0 Å². The van der Waals surface area contributed by atoms with Crippen molar-refractivity contribution in [1.82, 2.24) is 19.3 Å². The summed E-state index contributed by atoms with van der Waals surface area (Å²) in [5.74, 6) is 0.505. The van der Waals surface area contributed by atoms with Crippen LogP contribution in [0.15, 0.2) is 12.5 Å². The van der Waals surface area contributed by atoms with Crippen molar-refractivity contribution in [3.8, 4) is 0 Å². The van der Waals surface area contributed by atoms with Gasteiger partial charge in [-0.05, 0) is 6.92 Å². The zero-order valence-electron chi connectivity index (χ0n) is 8.61. The number of imidazole rings is 1. The molecule has 0 fully saturated rings. The van der Waals surface area contributed by atoms with Crippen molar-refractivity contribution in [2.24, 2.45) is 7.05 Å². The predicted molar refractivity (Wildman–Crippen MR) is 58.7 cm³/mol. The summed E-state index contributed by atoms with van der Waals surface area (Å²) in [6.07, 6.45) is 3.44. The smallest absolute Gasteiger partial charge is 0.141 e. The lowest BCUT2D eigenvalue weighted by molar-refractivity contribution is 0.663. The van der Waals surface area contributed by atoms with Crippen LogP contribution in [0.4, 0.5) is 5.82 Å². The molecule has 0 aliphatic carbocycles. The molecule has 2 aromatic rings. The summed E-state index contributed by atoms with van der Waals surface area (Å²) < 4.78 is 3.64. The Labute approximate surface area is 92.5 Å². The molecule has 0 aliphatic heterocycles. The van der Waals surface area contributed by atoms with Crippen LogP contribution >= 0.6 is 11.6 Å². The zero-order chi connectivity index (χ0) is 11.0. The molecule has 6 heteroatoms. The normalized spacial score (nSPS) is 10.9. The highest BCUT2D eigenvalue weighted by Gasteiger charge is 2.11. The number of rotatable bonds is 2. The second-order valence-corrected chi connectivity index (χ2v) is 3.82. The van der Waals surface area contributed by atoms with Gasteiger partial charge >= 0.3 is 0 Å². The summed E-state index contributed by atoms with van der Waals surface area (Å²) in [6.45, 7) is 2.51. The molecule has 0 aromatic carbocycles. The van der Waals surface area contributed by atoms with Gasteiger partial charge in [0, 0.05) is 13.2 Å². The number of hydrogen-bond acceptors (Lipinski definition) is 3. The minimum Gasteiger partial charge on any atom is -0.382 e. The number of nitrogens with zero attached hydrogens (tertiary/aromatic N) is 4. The third kappa shape index (κ3) is 1.83. The van der Waals surface area contributed by atoms with E-state index in [1.807, 2.05) is 18.5 Å². The van der Waals surface area contributed by atoms with Crippen LogP contribution in [0.3, 0.4) is 0 Å². The number of nitrogens with two attached hydrogens (primary N) is 1. The Kier molecular flexibility index (Phi) is 2.40. The molecule has 5 nitrogen and oxygen atoms in total. The molecule has 0 radical (unpaired) electrons. The number of aromatic nitrogens is 4. The summed E-state index contributed by atoms with van der Waals surface area (Å²) in [5.41, 5.74) is 7.31. The number of nitrogen functional groups attached to an aromatic ring is 1. The van der Waals surface area contributed by atoms with E-state index in [0.717, 1.165) is 11.4 Å². The predicted octanol–water partition coefficient (Wildman–Crippen LogP) is 1.21. The van der Waals surface area contributed by atoms with Gasteiger partial charge in [0.15, 0.2) is 0 Å². The summed E-state index contributed by atoms with van der Waals surface area (Å²) in [4.78, 5) is 3.95. The molecule has 0 saturated heterocycles. The fraction of sp³-hybridized carbons (Fsp3) is 0.333. The highest BCUT2D eigenvalue weighted by molar-refractivity contribution is 6.31. The Hall–Kier alpha value is -1.49. The Balaban J connectivity index is 2.31. The fourth-order valence-electron chi connectivity index (χ4n) is 1.49. The molecule has 0 unspecified atom stereocenters. The van der Waals surface area contributed by atoms with Gasteiger partial charge in [0.1, 0.15) is 5.82 Å². The van der Waals surface area contributed by atoms with Crippen LogP contribution in [-0.4, -0.2) is 19.3 Å². The molecular formula is C9H12ClN5. The van der Waals surface area contributed by atoms with E-state index in [4.69, 9.17) is 17.3 Å². The summed E-state index contributed by atoms with van der Waals surface area (Å²) in [7, 11) is 1.87. The van der Waals surface area contributed by atoms with Crippen LogP contribution < -0.4 is 5.73 Å². The third-order valence-corrected chi connectivity index (χ3v) is 2.74. The van der Waals surface area contributed by atoms with Gasteiger partial charge in [-0.2, -0.15) is 5.10 Å². The summed E-state index contributed by atoms with van der Waals surface area (Å²) >= 11 is 6.12. The molecule has 2 heterocycles. The lowest BCUT2D eigenvalue weighted by Crippen LogP contribution is -2.04. The minimum absolute atomic E-state index is 0.505. The molecule has 2 rings (SSSR count). The molecular weight excluding hydrogens is 214 g/mol. The topological polar surface area (TPSA) is 61.7 Å². The number of anilines is 1. The Bertz CT molecular complexity index is 485. The molecule has 2 N–H and O–H groups in total. The van der Waals surface area contributed by atoms with E-state index in [1.165, 1.54) is 0 Å². The van der Waals surface area contributed by atoms with Crippen LogP contribution in [0.2, 0.25) is 5.02 Å². The average molecular weight is 226 g/mol. The van der Waals surface area contributed by atoms with Crippen molar-refractivity contribution in [2.75, 3.05) is 5.73 Å². The molecule has 0 bridgehead atoms. The van der Waals surface area contributed by atoms with Crippen molar-refractivity contribution < 1.29 is 0 Å². The van der Waals surface area contributed by atoms with Gasteiger partial charge in [0.2, 0.25) is 0 Å². The van der Waals surface area contributed by atoms with Gasteiger partial charge in [-0.3, -0.25) is 4.68 Å². The van der Waals surface area contributed by atoms with Gasteiger partial charge < -0.3 is 10.3 Å². The monoisotopic (exact) mass is 225 g/mol. The first kappa shape index (κ1) is 10.0. The zero-order valence-corrected chi connectivity index (χ0v) is 9.36. The van der Waals surface area contributed by atoms with E-state index in [-0.39, 0.29) is 0 Å². The molecule has 0 amide bonds. The lowest BCUT2D eigenvalue weighted by Gasteiger charge is -2.03. The van der Waals surface area contributed by atoms with Crippen LogP contribution in [0.5, 0.6) is 0 Å². The maximum absolute atomic E-state index is 6.12. The van der Waals surface area contributed by atoms with Crippen LogP contribution in [-0.2, 0) is 13.6 Å². The van der Waals surface area contributed by atoms with Gasteiger partial charge in [0.05, 0.1) is 29.3 Å². The number of aryl methyl sites for hydroxylation is 2. The molecule has 0 spiro atoms. The average Bonchev–Trinajstić information content (AvgIpc) is 2.67. The van der Waals surface area contributed by atoms with E-state index in [0.29, 0.717) is 17.4 Å². The Morgan fingerprint density at radius 3 is 2.73 bits per heavy atom. The van der Waals surface area contributed by atoms with E-state index in [9.17, 15) is 0 Å². The quantitative estimate of drug-likeness (QED) is 0.836. The second-order valence-electron chi connectivity index (χ2n) is 3.44. The van der Waals surface area contributed by atoms with Crippen molar-refractivity contribution in [1.29, 1.82) is 0 Å². The molecule has 15 heavy (non-hydrogen) atoms. The maximum atomic E-state index is 6.12. The first-order valence-electron chi connectivity index (χ1n) is 4.53. The second kappa shape index (κ2) is 3.58. The Morgan fingerprint density at radius 2 is 2.27 bits per heavy atom. The van der Waals surface area contributed by atoms with E-state index < -0.39 is 0 Å². The maximum Gasteiger partial charge on any atom is 0.141 e. The standard InChI is InChI=1S/C9H12ClN5/c1-6-9(10)7(14(2)13-6)3-15-4-8(11)12-5-15/h4-5H,3,11H2,1-2H3. The van der Waals surface area contributed by atoms with Crippen molar-refractivity contribution in [3.05, 3.63) is 28.9 Å². The minimum atomic E-state index is 0.505. The fourth-order valence-corrected chi connectivity index (χ4v) is 1.71. The molecule has 0 aliphatic rings. The first-order chi connectivity index (χ1) is 7.08. The molecule has 80 valence electrons. The largest absolute Gasteiger partial charge is 0.382 e. The van der Waals surface area contributed by atoms with Crippen LogP contribution in [0.1, 0.15) is 11.4 Å². The molecule has 0 atom stereocenters. The molecule has 2 aromatic heterocycles. The van der Waals surface area contributed by atoms with E-state index in [1.54, 1.807) is 17.2 Å².